The zero-order chi connectivity index (χ0) is 13.1. The molecule has 94 valence electrons. The summed E-state index contributed by atoms with van der Waals surface area (Å²) in [6, 6.07) is 4.79. The Hall–Kier alpha value is -2.13. The second kappa shape index (κ2) is 5.02. The maximum atomic E-state index is 13.6. The van der Waals surface area contributed by atoms with E-state index in [0.717, 1.165) is 6.07 Å². The molecule has 1 N–H and O–H groups in total. The SMILES string of the molecule is N#C[C@@H]1COCCN1C(=O)c1c(O)cccc1F. The molecule has 1 aromatic carbocycles. The van der Waals surface area contributed by atoms with Gasteiger partial charge in [0.15, 0.2) is 0 Å². The van der Waals surface area contributed by atoms with Crippen molar-refractivity contribution >= 4 is 5.91 Å². The van der Waals surface area contributed by atoms with Gasteiger partial charge in [-0.2, -0.15) is 5.26 Å². The van der Waals surface area contributed by atoms with Crippen molar-refractivity contribution in [1.82, 2.24) is 4.90 Å². The van der Waals surface area contributed by atoms with Crippen LogP contribution in [0.15, 0.2) is 18.2 Å². The number of ether oxygens (including phenoxy) is 1. The number of rotatable bonds is 1. The number of carbonyl (C=O) groups excluding carboxylic acids is 1. The van der Waals surface area contributed by atoms with Crippen LogP contribution in [0.1, 0.15) is 10.4 Å². The maximum absolute atomic E-state index is 13.6. The highest BCUT2D eigenvalue weighted by molar-refractivity contribution is 5.97. The highest BCUT2D eigenvalue weighted by Crippen LogP contribution is 2.23. The first kappa shape index (κ1) is 12.3. The normalized spacial score (nSPS) is 19.3. The lowest BCUT2D eigenvalue weighted by Crippen LogP contribution is -2.48. The van der Waals surface area contributed by atoms with Gasteiger partial charge in [0.05, 0.1) is 19.3 Å². The Bertz CT molecular complexity index is 492. The number of halogens is 1. The molecule has 1 saturated heterocycles. The second-order valence-electron chi connectivity index (χ2n) is 3.85. The number of hydrogen-bond acceptors (Lipinski definition) is 4. The van der Waals surface area contributed by atoms with Gasteiger partial charge < -0.3 is 14.7 Å². The largest absolute Gasteiger partial charge is 0.507 e. The number of morpholine rings is 1. The van der Waals surface area contributed by atoms with E-state index >= 15 is 0 Å². The molecule has 18 heavy (non-hydrogen) atoms. The monoisotopic (exact) mass is 250 g/mol. The van der Waals surface area contributed by atoms with E-state index in [1.807, 2.05) is 6.07 Å². The van der Waals surface area contributed by atoms with Crippen molar-refractivity contribution in [2.45, 2.75) is 6.04 Å². The zero-order valence-corrected chi connectivity index (χ0v) is 9.47. The van der Waals surface area contributed by atoms with Gasteiger partial charge in [0.25, 0.3) is 5.91 Å². The molecule has 0 spiro atoms. The Labute approximate surface area is 103 Å². The fraction of sp³-hybridized carbons (Fsp3) is 0.333. The minimum absolute atomic E-state index is 0.0947. The van der Waals surface area contributed by atoms with Crippen LogP contribution >= 0.6 is 0 Å². The van der Waals surface area contributed by atoms with Crippen LogP contribution in [0, 0.1) is 17.1 Å². The molecule has 1 aliphatic heterocycles. The van der Waals surface area contributed by atoms with E-state index in [1.54, 1.807) is 0 Å². The molecule has 1 aliphatic rings. The molecule has 0 aliphatic carbocycles. The third kappa shape index (κ3) is 2.13. The van der Waals surface area contributed by atoms with Crippen molar-refractivity contribution in [1.29, 1.82) is 5.26 Å². The highest BCUT2D eigenvalue weighted by Gasteiger charge is 2.30. The Kier molecular flexibility index (Phi) is 3.44. The number of phenols is 1. The highest BCUT2D eigenvalue weighted by atomic mass is 19.1. The lowest BCUT2D eigenvalue weighted by Gasteiger charge is -2.31. The van der Waals surface area contributed by atoms with Crippen molar-refractivity contribution in [2.24, 2.45) is 0 Å². The standard InChI is InChI=1S/C12H11FN2O3/c13-9-2-1-3-10(16)11(9)12(17)15-4-5-18-7-8(15)6-14/h1-3,8,16H,4-5,7H2/t8-/m1/s1. The fourth-order valence-electron chi connectivity index (χ4n) is 1.82. The minimum Gasteiger partial charge on any atom is -0.507 e. The van der Waals surface area contributed by atoms with Crippen molar-refractivity contribution < 1.29 is 19.0 Å². The van der Waals surface area contributed by atoms with E-state index in [1.165, 1.54) is 17.0 Å². The van der Waals surface area contributed by atoms with Crippen LogP contribution < -0.4 is 0 Å². The van der Waals surface area contributed by atoms with Gasteiger partial charge in [0.1, 0.15) is 23.2 Å². The van der Waals surface area contributed by atoms with Crippen molar-refractivity contribution in [3.8, 4) is 11.8 Å². The van der Waals surface area contributed by atoms with E-state index in [2.05, 4.69) is 0 Å². The third-order valence-corrected chi connectivity index (χ3v) is 2.74. The molecule has 0 radical (unpaired) electrons. The Morgan fingerprint density at radius 2 is 2.39 bits per heavy atom. The molecule has 2 rings (SSSR count). The van der Waals surface area contributed by atoms with Crippen LogP contribution in [0.5, 0.6) is 5.75 Å². The van der Waals surface area contributed by atoms with E-state index in [0.29, 0.717) is 6.61 Å². The topological polar surface area (TPSA) is 73.6 Å². The van der Waals surface area contributed by atoms with E-state index in [9.17, 15) is 14.3 Å². The smallest absolute Gasteiger partial charge is 0.261 e. The predicted octanol–water partition coefficient (Wildman–Crippen LogP) is 0.896. The lowest BCUT2D eigenvalue weighted by molar-refractivity contribution is 0.0128. The molecule has 1 heterocycles. The van der Waals surface area contributed by atoms with Crippen LogP contribution in [0.4, 0.5) is 4.39 Å². The number of benzene rings is 1. The summed E-state index contributed by atoms with van der Waals surface area (Å²) in [6.07, 6.45) is 0. The molecule has 1 aromatic rings. The van der Waals surface area contributed by atoms with E-state index in [-0.39, 0.29) is 13.2 Å². The number of aromatic hydroxyl groups is 1. The van der Waals surface area contributed by atoms with Crippen LogP contribution in [-0.4, -0.2) is 41.7 Å². The third-order valence-electron chi connectivity index (χ3n) is 2.74. The van der Waals surface area contributed by atoms with Gasteiger partial charge in [0.2, 0.25) is 0 Å². The lowest BCUT2D eigenvalue weighted by atomic mass is 10.1. The molecule has 1 fully saturated rings. The average Bonchev–Trinajstić information content (AvgIpc) is 2.38. The zero-order valence-electron chi connectivity index (χ0n) is 9.47. The molecule has 0 aromatic heterocycles. The number of amides is 1. The summed E-state index contributed by atoms with van der Waals surface area (Å²) in [5, 5.41) is 18.5. The summed E-state index contributed by atoms with van der Waals surface area (Å²) < 4.78 is 18.6. The summed E-state index contributed by atoms with van der Waals surface area (Å²) in [7, 11) is 0. The fourth-order valence-corrected chi connectivity index (χ4v) is 1.82. The molecule has 0 saturated carbocycles. The summed E-state index contributed by atoms with van der Waals surface area (Å²) >= 11 is 0. The summed E-state index contributed by atoms with van der Waals surface area (Å²) in [6.45, 7) is 0.585. The van der Waals surface area contributed by atoms with E-state index < -0.39 is 29.1 Å². The van der Waals surface area contributed by atoms with Gasteiger partial charge in [-0.25, -0.2) is 4.39 Å². The number of carbonyl (C=O) groups is 1. The first-order chi connectivity index (χ1) is 8.65. The molecule has 6 heteroatoms. The number of nitrogens with zero attached hydrogens (tertiary/aromatic N) is 2. The van der Waals surface area contributed by atoms with Gasteiger partial charge in [-0.3, -0.25) is 4.79 Å². The Balaban J connectivity index is 2.33. The molecular formula is C12H11FN2O3. The second-order valence-corrected chi connectivity index (χ2v) is 3.85. The number of phenolic OH excluding ortho intramolecular Hbond substituents is 1. The van der Waals surface area contributed by atoms with Gasteiger partial charge >= 0.3 is 0 Å². The van der Waals surface area contributed by atoms with Gasteiger partial charge in [-0.1, -0.05) is 6.07 Å². The minimum atomic E-state index is -0.803. The molecule has 0 bridgehead atoms. The molecule has 5 nitrogen and oxygen atoms in total. The van der Waals surface area contributed by atoms with Crippen LogP contribution in [0.25, 0.3) is 0 Å². The summed E-state index contributed by atoms with van der Waals surface area (Å²) in [5.41, 5.74) is -0.403. The van der Waals surface area contributed by atoms with Crippen LogP contribution in [0.3, 0.4) is 0 Å². The Morgan fingerprint density at radius 3 is 3.06 bits per heavy atom. The summed E-state index contributed by atoms with van der Waals surface area (Å²) in [5.74, 6) is -1.92. The van der Waals surface area contributed by atoms with Crippen molar-refractivity contribution in [3.63, 3.8) is 0 Å². The van der Waals surface area contributed by atoms with E-state index in [4.69, 9.17) is 10.00 Å². The first-order valence-corrected chi connectivity index (χ1v) is 5.41. The van der Waals surface area contributed by atoms with Gasteiger partial charge in [-0.15, -0.1) is 0 Å². The van der Waals surface area contributed by atoms with Crippen molar-refractivity contribution in [3.05, 3.63) is 29.6 Å². The van der Waals surface area contributed by atoms with Crippen molar-refractivity contribution in [2.75, 3.05) is 19.8 Å². The molecular weight excluding hydrogens is 239 g/mol. The quantitative estimate of drug-likeness (QED) is 0.803. The molecule has 1 amide bonds. The van der Waals surface area contributed by atoms with Gasteiger partial charge in [0, 0.05) is 6.54 Å². The number of hydrogen-bond donors (Lipinski definition) is 1. The molecule has 0 unspecified atom stereocenters. The first-order valence-electron chi connectivity index (χ1n) is 5.41. The molecule has 1 atom stereocenters. The predicted molar refractivity (Wildman–Crippen MR) is 59.3 cm³/mol. The van der Waals surface area contributed by atoms with Crippen LogP contribution in [0.2, 0.25) is 0 Å². The summed E-state index contributed by atoms with van der Waals surface area (Å²) in [4.78, 5) is 13.3. The van der Waals surface area contributed by atoms with Gasteiger partial charge in [-0.05, 0) is 12.1 Å². The number of nitriles is 1. The Morgan fingerprint density at radius 1 is 1.61 bits per heavy atom. The average molecular weight is 250 g/mol. The maximum Gasteiger partial charge on any atom is 0.261 e. The van der Waals surface area contributed by atoms with Crippen LogP contribution in [-0.2, 0) is 4.74 Å².